The summed E-state index contributed by atoms with van der Waals surface area (Å²) >= 11 is 0. The van der Waals surface area contributed by atoms with Crippen molar-refractivity contribution in [2.45, 2.75) is 463 Å². The molecular weight excluding hydrogens is 1580 g/mol. The molecular formula is C105H184O16P2. The standard InChI is InChI=1S/C105H184O16P2/c1-4-7-10-13-16-19-22-25-28-31-34-37-40-43-45-47-49-51-53-56-58-61-64-67-70-73-76-79-82-85-88-91-103(108)115-94-100(106)95-117-122(111,112)118-96-101(107)97-119-123(113,114)120-99-102(121-105(110)93-90-87-84-81-78-75-72-69-66-63-60-55-42-39-36-33-30-27-24-21-18-15-12-9-6-3)98-116-104(109)92-89-86-83-80-77-74-71-68-65-62-59-57-54-52-50-48-46-44-41-38-35-32-29-26-23-20-17-14-11-8-5-2/h16-21,25-30,34-39,43-46,55,60,100-102,106-107H,4-15,22-24,31-33,40-42,47-54,56-59,61-99H2,1-3H3,(H,111,112)(H,113,114)/b19-16-,20-17-,21-18-,28-25-,29-26-,30-27-,37-34-,38-35-,39-36-,45-43-,46-44-,60-55-. The minimum atomic E-state index is -4.95. The van der Waals surface area contributed by atoms with Gasteiger partial charge in [0.25, 0.3) is 0 Å². The molecule has 710 valence electrons. The minimum absolute atomic E-state index is 0.0960. The second-order valence-corrected chi connectivity index (χ2v) is 36.5. The molecule has 0 rings (SSSR count). The van der Waals surface area contributed by atoms with Crippen LogP contribution in [0.1, 0.15) is 445 Å². The minimum Gasteiger partial charge on any atom is -0.463 e. The first kappa shape index (κ1) is 118. The molecule has 0 saturated heterocycles. The van der Waals surface area contributed by atoms with E-state index in [4.69, 9.17) is 32.3 Å². The lowest BCUT2D eigenvalue weighted by atomic mass is 10.0. The number of carbonyl (C=O) groups is 3. The highest BCUT2D eigenvalue weighted by Gasteiger charge is 2.30. The number of phosphoric acid groups is 2. The molecule has 0 radical (unpaired) electrons. The molecule has 0 aliphatic rings. The van der Waals surface area contributed by atoms with Crippen LogP contribution in [0.15, 0.2) is 146 Å². The number of ether oxygens (including phenoxy) is 3. The second-order valence-electron chi connectivity index (χ2n) is 33.6. The van der Waals surface area contributed by atoms with E-state index in [0.717, 1.165) is 128 Å². The molecule has 0 saturated carbocycles. The highest BCUT2D eigenvalue weighted by Crippen LogP contribution is 2.45. The van der Waals surface area contributed by atoms with Crippen molar-refractivity contribution < 1.29 is 75.8 Å². The Labute approximate surface area is 753 Å². The van der Waals surface area contributed by atoms with Crippen LogP contribution in [0.4, 0.5) is 0 Å². The molecule has 4 N–H and O–H groups in total. The van der Waals surface area contributed by atoms with Gasteiger partial charge in [0.15, 0.2) is 6.10 Å². The third-order valence-corrected chi connectivity index (χ3v) is 23.4. The van der Waals surface area contributed by atoms with Crippen molar-refractivity contribution in [3.8, 4) is 0 Å². The predicted molar refractivity (Wildman–Crippen MR) is 519 cm³/mol. The summed E-state index contributed by atoms with van der Waals surface area (Å²) in [5, 5.41) is 20.8. The van der Waals surface area contributed by atoms with Gasteiger partial charge >= 0.3 is 33.6 Å². The Morgan fingerprint density at radius 1 is 0.228 bits per heavy atom. The van der Waals surface area contributed by atoms with Crippen molar-refractivity contribution >= 4 is 33.6 Å². The summed E-state index contributed by atoms with van der Waals surface area (Å²) in [6, 6.07) is 0. The molecule has 0 aliphatic carbocycles. The molecule has 16 nitrogen and oxygen atoms in total. The molecule has 0 fully saturated rings. The Morgan fingerprint density at radius 2 is 0.407 bits per heavy atom. The number of hydrogen-bond donors (Lipinski definition) is 4. The number of phosphoric ester groups is 2. The summed E-state index contributed by atoms with van der Waals surface area (Å²) in [5.41, 5.74) is 0. The summed E-state index contributed by atoms with van der Waals surface area (Å²) in [6.45, 7) is 2.67. The smallest absolute Gasteiger partial charge is 0.463 e. The quantitative estimate of drug-likeness (QED) is 0.0146. The molecule has 0 amide bonds. The number of aliphatic hydroxyl groups is 2. The third kappa shape index (κ3) is 97.9. The fourth-order valence-corrected chi connectivity index (χ4v) is 15.5. The Bertz CT molecular complexity index is 2820. The van der Waals surface area contributed by atoms with Gasteiger partial charge in [0.2, 0.25) is 0 Å². The molecule has 0 aliphatic heterocycles. The fourth-order valence-electron chi connectivity index (χ4n) is 13.9. The molecule has 0 bridgehead atoms. The average Bonchev–Trinajstić information content (AvgIpc) is 0.898. The van der Waals surface area contributed by atoms with E-state index in [-0.39, 0.29) is 19.3 Å². The number of hydrogen-bond acceptors (Lipinski definition) is 14. The maximum atomic E-state index is 13.1. The van der Waals surface area contributed by atoms with Gasteiger partial charge in [0, 0.05) is 19.3 Å². The Kier molecular flexibility index (Phi) is 92.9. The first-order valence-electron chi connectivity index (χ1n) is 50.1. The fraction of sp³-hybridized carbons (Fsp3) is 0.743. The van der Waals surface area contributed by atoms with Crippen molar-refractivity contribution in [3.63, 3.8) is 0 Å². The van der Waals surface area contributed by atoms with Crippen LogP contribution in [0, 0.1) is 0 Å². The number of aliphatic hydroxyl groups excluding tert-OH is 2. The molecule has 0 aromatic carbocycles. The van der Waals surface area contributed by atoms with Crippen LogP contribution in [0.2, 0.25) is 0 Å². The molecule has 123 heavy (non-hydrogen) atoms. The van der Waals surface area contributed by atoms with E-state index in [9.17, 15) is 43.5 Å². The van der Waals surface area contributed by atoms with Gasteiger partial charge in [0.1, 0.15) is 25.4 Å². The lowest BCUT2D eigenvalue weighted by Crippen LogP contribution is -2.30. The van der Waals surface area contributed by atoms with Crippen LogP contribution < -0.4 is 0 Å². The molecule has 0 spiro atoms. The lowest BCUT2D eigenvalue weighted by molar-refractivity contribution is -0.161. The maximum absolute atomic E-state index is 13.1. The van der Waals surface area contributed by atoms with Gasteiger partial charge in [-0.2, -0.15) is 0 Å². The number of rotatable bonds is 95. The largest absolute Gasteiger partial charge is 0.472 e. The monoisotopic (exact) mass is 1760 g/mol. The van der Waals surface area contributed by atoms with Crippen molar-refractivity contribution in [2.75, 3.05) is 39.6 Å². The van der Waals surface area contributed by atoms with Gasteiger partial charge in [0.05, 0.1) is 26.4 Å². The molecule has 5 atom stereocenters. The van der Waals surface area contributed by atoms with Gasteiger partial charge in [-0.05, 0) is 154 Å². The number of esters is 3. The SMILES string of the molecule is CCCCC/C=C\C/C=C\C/C=C\C/C=C\CCCCCCCCCCCCCCCCCC(=O)OCC(O)COP(=O)(O)OCC(O)COP(=O)(O)OCC(COC(=O)CCCCCCCCCCCCCCCCC/C=C\C/C=C\C/C=C\C/C=C\CCCCC)OC(=O)CCCCCCCCCCC/C=C\C/C=C\C/C=C\C/C=C\CCCCC. The van der Waals surface area contributed by atoms with E-state index in [2.05, 4.69) is 167 Å². The number of allylic oxidation sites excluding steroid dienone is 24. The van der Waals surface area contributed by atoms with Crippen LogP contribution in [0.25, 0.3) is 0 Å². The van der Waals surface area contributed by atoms with Crippen LogP contribution in [0.3, 0.4) is 0 Å². The maximum Gasteiger partial charge on any atom is 0.472 e. The normalized spacial score (nSPS) is 14.3. The third-order valence-electron chi connectivity index (χ3n) is 21.5. The zero-order valence-electron chi connectivity index (χ0n) is 78.6. The first-order chi connectivity index (χ1) is 60.2. The molecule has 0 aromatic rings. The van der Waals surface area contributed by atoms with E-state index < -0.39 is 91.5 Å². The van der Waals surface area contributed by atoms with Gasteiger partial charge in [-0.25, -0.2) is 9.13 Å². The average molecular weight is 1760 g/mol. The molecule has 18 heteroatoms. The van der Waals surface area contributed by atoms with E-state index in [1.54, 1.807) is 0 Å². The van der Waals surface area contributed by atoms with E-state index in [0.29, 0.717) is 19.3 Å². The van der Waals surface area contributed by atoms with Gasteiger partial charge in [-0.3, -0.25) is 32.5 Å². The summed E-state index contributed by atoms with van der Waals surface area (Å²) in [7, 11) is -9.81. The number of unbranched alkanes of at least 4 members (excludes halogenated alkanes) is 48. The summed E-state index contributed by atoms with van der Waals surface area (Å²) in [4.78, 5) is 59.2. The highest BCUT2D eigenvalue weighted by molar-refractivity contribution is 7.47. The van der Waals surface area contributed by atoms with Crippen molar-refractivity contribution in [3.05, 3.63) is 146 Å². The topological polar surface area (TPSA) is 231 Å². The van der Waals surface area contributed by atoms with Crippen molar-refractivity contribution in [1.29, 1.82) is 0 Å². The zero-order chi connectivity index (χ0) is 89.3. The van der Waals surface area contributed by atoms with E-state index in [1.165, 1.54) is 257 Å². The number of carbonyl (C=O) groups excluding carboxylic acids is 3. The van der Waals surface area contributed by atoms with Crippen LogP contribution in [-0.2, 0) is 55.8 Å². The molecule has 0 heterocycles. The van der Waals surface area contributed by atoms with Crippen molar-refractivity contribution in [1.82, 2.24) is 0 Å². The lowest BCUT2D eigenvalue weighted by Gasteiger charge is -2.21. The summed E-state index contributed by atoms with van der Waals surface area (Å²) in [5.74, 6) is -1.56. The van der Waals surface area contributed by atoms with Crippen LogP contribution in [0.5, 0.6) is 0 Å². The summed E-state index contributed by atoms with van der Waals surface area (Å²) < 4.78 is 61.7. The van der Waals surface area contributed by atoms with E-state index >= 15 is 0 Å². The van der Waals surface area contributed by atoms with Crippen LogP contribution in [-0.4, -0.2) is 95.9 Å². The summed E-state index contributed by atoms with van der Waals surface area (Å²) in [6.07, 6.45) is 123. The Morgan fingerprint density at radius 3 is 0.642 bits per heavy atom. The second kappa shape index (κ2) is 96.5. The Hall–Kier alpha value is -4.57. The van der Waals surface area contributed by atoms with Crippen molar-refractivity contribution in [2.24, 2.45) is 0 Å². The molecule has 0 aromatic heterocycles. The van der Waals surface area contributed by atoms with Gasteiger partial charge in [-0.15, -0.1) is 0 Å². The Balaban J connectivity index is 4.61. The van der Waals surface area contributed by atoms with E-state index in [1.807, 2.05) is 0 Å². The highest BCUT2D eigenvalue weighted by atomic mass is 31.2. The molecule has 5 unspecified atom stereocenters. The predicted octanol–water partition coefficient (Wildman–Crippen LogP) is 31.5. The van der Waals surface area contributed by atoms with Crippen LogP contribution >= 0.6 is 15.6 Å². The zero-order valence-corrected chi connectivity index (χ0v) is 80.4. The van der Waals surface area contributed by atoms with Gasteiger partial charge in [-0.1, -0.05) is 417 Å². The first-order valence-corrected chi connectivity index (χ1v) is 53.1. The van der Waals surface area contributed by atoms with Gasteiger partial charge < -0.3 is 34.2 Å².